The molecule has 34 heavy (non-hydrogen) atoms. The molecular formula is C25H35N3O5S. The number of ether oxygens (including phenoxy) is 1. The lowest BCUT2D eigenvalue weighted by molar-refractivity contribution is 0.0812. The summed E-state index contributed by atoms with van der Waals surface area (Å²) >= 11 is 0. The predicted octanol–water partition coefficient (Wildman–Crippen LogP) is 2.39. The van der Waals surface area contributed by atoms with Gasteiger partial charge in [0.15, 0.2) is 0 Å². The van der Waals surface area contributed by atoms with E-state index in [0.717, 1.165) is 11.1 Å². The van der Waals surface area contributed by atoms with E-state index in [1.807, 2.05) is 38.1 Å². The lowest BCUT2D eigenvalue weighted by atomic mass is 10.0. The molecule has 0 unspecified atom stereocenters. The minimum Gasteiger partial charge on any atom is -0.487 e. The van der Waals surface area contributed by atoms with Gasteiger partial charge in [-0.1, -0.05) is 25.1 Å². The van der Waals surface area contributed by atoms with Crippen LogP contribution in [0.1, 0.15) is 24.2 Å². The van der Waals surface area contributed by atoms with Crippen molar-refractivity contribution in [2.75, 3.05) is 47.9 Å². The molecule has 1 aliphatic heterocycles. The fourth-order valence-corrected chi connectivity index (χ4v) is 5.87. The zero-order valence-electron chi connectivity index (χ0n) is 20.7. The van der Waals surface area contributed by atoms with Gasteiger partial charge in [-0.3, -0.25) is 4.79 Å². The van der Waals surface area contributed by atoms with E-state index in [1.165, 1.54) is 9.21 Å². The number of carbonyl (C=O) groups is 1. The Balaban J connectivity index is 2.09. The van der Waals surface area contributed by atoms with Gasteiger partial charge >= 0.3 is 0 Å². The summed E-state index contributed by atoms with van der Waals surface area (Å²) in [5, 5.41) is 9.74. The summed E-state index contributed by atoms with van der Waals surface area (Å²) in [7, 11) is 3.43. The number of nitrogens with zero attached hydrogens (tertiary/aromatic N) is 3. The van der Waals surface area contributed by atoms with Gasteiger partial charge in [0.2, 0.25) is 10.0 Å². The van der Waals surface area contributed by atoms with Crippen LogP contribution >= 0.6 is 0 Å². The Morgan fingerprint density at radius 1 is 1.12 bits per heavy atom. The second-order valence-corrected chi connectivity index (χ2v) is 11.3. The van der Waals surface area contributed by atoms with E-state index in [1.54, 1.807) is 51.4 Å². The van der Waals surface area contributed by atoms with Crippen LogP contribution in [0.5, 0.6) is 5.75 Å². The zero-order chi connectivity index (χ0) is 25.2. The molecule has 0 aliphatic carbocycles. The normalized spacial score (nSPS) is 21.2. The molecule has 2 aromatic carbocycles. The third-order valence-corrected chi connectivity index (χ3v) is 8.10. The lowest BCUT2D eigenvalue weighted by Crippen LogP contribution is -2.49. The molecule has 1 N–H and O–H groups in total. The van der Waals surface area contributed by atoms with Crippen molar-refractivity contribution in [1.29, 1.82) is 0 Å². The van der Waals surface area contributed by atoms with Gasteiger partial charge < -0.3 is 19.6 Å². The van der Waals surface area contributed by atoms with Crippen LogP contribution in [0.3, 0.4) is 0 Å². The van der Waals surface area contributed by atoms with Gasteiger partial charge in [0, 0.05) is 44.7 Å². The highest BCUT2D eigenvalue weighted by Gasteiger charge is 2.38. The molecule has 186 valence electrons. The van der Waals surface area contributed by atoms with Crippen molar-refractivity contribution < 1.29 is 23.1 Å². The average Bonchev–Trinajstić information content (AvgIpc) is 2.79. The van der Waals surface area contributed by atoms with Gasteiger partial charge in [0.25, 0.3) is 5.91 Å². The molecule has 1 amide bonds. The number of aliphatic hydroxyl groups is 1. The number of benzene rings is 2. The first-order valence-electron chi connectivity index (χ1n) is 11.4. The Morgan fingerprint density at radius 2 is 1.74 bits per heavy atom. The first-order valence-corrected chi connectivity index (χ1v) is 12.8. The average molecular weight is 490 g/mol. The van der Waals surface area contributed by atoms with E-state index < -0.39 is 16.1 Å². The number of fused-ring (bicyclic) bond motifs is 1. The van der Waals surface area contributed by atoms with Crippen LogP contribution < -0.4 is 4.74 Å². The molecule has 0 fully saturated rings. The number of likely N-dealkylation sites (N-methyl/N-ethyl adjacent to an activating group) is 1. The summed E-state index contributed by atoms with van der Waals surface area (Å²) in [4.78, 5) is 15.8. The molecule has 3 rings (SSSR count). The van der Waals surface area contributed by atoms with Gasteiger partial charge in [-0.2, -0.15) is 4.31 Å². The van der Waals surface area contributed by atoms with Crippen molar-refractivity contribution in [1.82, 2.24) is 14.1 Å². The largest absolute Gasteiger partial charge is 0.487 e. The van der Waals surface area contributed by atoms with Gasteiger partial charge in [-0.15, -0.1) is 0 Å². The molecule has 1 heterocycles. The number of amides is 1. The minimum absolute atomic E-state index is 0.0854. The van der Waals surface area contributed by atoms with Gasteiger partial charge in [-0.05, 0) is 56.4 Å². The Bertz CT molecular complexity index is 1120. The van der Waals surface area contributed by atoms with Crippen LogP contribution in [0.25, 0.3) is 11.1 Å². The number of rotatable bonds is 6. The zero-order valence-corrected chi connectivity index (χ0v) is 21.5. The van der Waals surface area contributed by atoms with Crippen molar-refractivity contribution in [3.05, 3.63) is 48.0 Å². The highest BCUT2D eigenvalue weighted by Crippen LogP contribution is 2.36. The molecule has 0 aromatic heterocycles. The van der Waals surface area contributed by atoms with Crippen LogP contribution in [0.15, 0.2) is 47.4 Å². The summed E-state index contributed by atoms with van der Waals surface area (Å²) < 4.78 is 34.9. The molecule has 0 saturated heterocycles. The molecule has 0 spiro atoms. The Hall–Kier alpha value is -2.46. The summed E-state index contributed by atoms with van der Waals surface area (Å²) in [5.74, 6) is 0.108. The monoisotopic (exact) mass is 489 g/mol. The van der Waals surface area contributed by atoms with Gasteiger partial charge in [0.05, 0.1) is 6.61 Å². The van der Waals surface area contributed by atoms with Crippen LogP contribution in [0, 0.1) is 5.92 Å². The van der Waals surface area contributed by atoms with Crippen molar-refractivity contribution in [2.24, 2.45) is 5.92 Å². The van der Waals surface area contributed by atoms with Crippen LogP contribution in [0.4, 0.5) is 0 Å². The molecule has 2 aromatic rings. The Kier molecular flexibility index (Phi) is 8.02. The maximum atomic E-state index is 13.6. The number of hydrogen-bond acceptors (Lipinski definition) is 6. The predicted molar refractivity (Wildman–Crippen MR) is 132 cm³/mol. The molecule has 0 saturated carbocycles. The van der Waals surface area contributed by atoms with E-state index in [9.17, 15) is 18.3 Å². The van der Waals surface area contributed by atoms with E-state index in [0.29, 0.717) is 17.9 Å². The summed E-state index contributed by atoms with van der Waals surface area (Å²) in [6.45, 7) is 4.28. The standard InChI is InChI=1S/C25H35N3O5S/c1-17-14-28(18(2)16-29)34(31,32)24-12-11-21(13-22(24)33-23(17)15-26(3)4)19-7-9-20(10-8-19)25(30)27(5)6/h7-13,17-18,23,29H,14-16H2,1-6H3/t17-,18-,23+/m0/s1. The first-order chi connectivity index (χ1) is 15.9. The molecule has 3 atom stereocenters. The molecule has 1 aliphatic rings. The third kappa shape index (κ3) is 5.43. The van der Waals surface area contributed by atoms with Crippen molar-refractivity contribution >= 4 is 15.9 Å². The quantitative estimate of drug-likeness (QED) is 0.670. The molecule has 0 bridgehead atoms. The highest BCUT2D eigenvalue weighted by molar-refractivity contribution is 7.89. The van der Waals surface area contributed by atoms with E-state index in [2.05, 4.69) is 0 Å². The van der Waals surface area contributed by atoms with E-state index in [-0.39, 0.29) is 36.0 Å². The van der Waals surface area contributed by atoms with Gasteiger partial charge in [-0.25, -0.2) is 8.42 Å². The second-order valence-electron chi connectivity index (χ2n) is 9.44. The smallest absolute Gasteiger partial charge is 0.253 e. The SMILES string of the molecule is C[C@H]1CN([C@@H](C)CO)S(=O)(=O)c2ccc(-c3ccc(C(=O)N(C)C)cc3)cc2O[C@@H]1CN(C)C. The molecule has 8 nitrogen and oxygen atoms in total. The van der Waals surface area contributed by atoms with Crippen molar-refractivity contribution in [3.8, 4) is 16.9 Å². The number of carbonyl (C=O) groups excluding carboxylic acids is 1. The fourth-order valence-electron chi connectivity index (χ4n) is 4.05. The minimum atomic E-state index is -3.88. The topological polar surface area (TPSA) is 90.4 Å². The van der Waals surface area contributed by atoms with Gasteiger partial charge in [0.1, 0.15) is 16.7 Å². The summed E-state index contributed by atoms with van der Waals surface area (Å²) in [6.07, 6.45) is -0.243. The number of hydrogen-bond donors (Lipinski definition) is 1. The summed E-state index contributed by atoms with van der Waals surface area (Å²) in [6, 6.07) is 11.7. The number of aliphatic hydroxyl groups excluding tert-OH is 1. The van der Waals surface area contributed by atoms with Crippen LogP contribution in [-0.2, 0) is 10.0 Å². The van der Waals surface area contributed by atoms with Crippen LogP contribution in [-0.4, -0.2) is 93.6 Å². The third-order valence-electron chi connectivity index (χ3n) is 6.08. The number of sulfonamides is 1. The van der Waals surface area contributed by atoms with Crippen LogP contribution in [0.2, 0.25) is 0 Å². The Labute approximate surface area is 202 Å². The van der Waals surface area contributed by atoms with E-state index >= 15 is 0 Å². The molecular weight excluding hydrogens is 454 g/mol. The van der Waals surface area contributed by atoms with Crippen molar-refractivity contribution in [2.45, 2.75) is 30.9 Å². The van der Waals surface area contributed by atoms with E-state index in [4.69, 9.17) is 4.74 Å². The maximum Gasteiger partial charge on any atom is 0.253 e. The lowest BCUT2D eigenvalue weighted by Gasteiger charge is -2.37. The fraction of sp³-hybridized carbons (Fsp3) is 0.480. The maximum absolute atomic E-state index is 13.6. The second kappa shape index (κ2) is 10.4. The summed E-state index contributed by atoms with van der Waals surface area (Å²) in [5.41, 5.74) is 2.21. The molecule has 0 radical (unpaired) electrons. The first kappa shape index (κ1) is 26.2. The highest BCUT2D eigenvalue weighted by atomic mass is 32.2. The Morgan fingerprint density at radius 3 is 2.29 bits per heavy atom. The van der Waals surface area contributed by atoms with Crippen molar-refractivity contribution in [3.63, 3.8) is 0 Å². The molecule has 9 heteroatoms.